The SMILES string of the molecule is CC#CCCC.CC1=CC=C(C)CC1.CC1=NN(C)CC1.CCCC.CCCN(C)C.CCCOC. The summed E-state index contributed by atoms with van der Waals surface area (Å²) >= 11 is 0. The van der Waals surface area contributed by atoms with E-state index in [-0.39, 0.29) is 0 Å². The molecular formula is C32H65N3O. The minimum atomic E-state index is 0.889. The molecule has 0 aromatic heterocycles. The molecule has 0 atom stereocenters. The largest absolute Gasteiger partial charge is 0.385 e. The third-order valence-electron chi connectivity index (χ3n) is 4.84. The van der Waals surface area contributed by atoms with Gasteiger partial charge in [-0.15, -0.1) is 11.8 Å². The van der Waals surface area contributed by atoms with Gasteiger partial charge in [0.05, 0.1) is 0 Å². The first kappa shape index (κ1) is 41.6. The number of unbranched alkanes of at least 4 members (excludes halogenated alkanes) is 2. The molecule has 0 bridgehead atoms. The third kappa shape index (κ3) is 45.9. The molecular weight excluding hydrogens is 442 g/mol. The average Bonchev–Trinajstić information content (AvgIpc) is 3.24. The number of rotatable bonds is 6. The van der Waals surface area contributed by atoms with Gasteiger partial charge in [-0.25, -0.2) is 0 Å². The smallest absolute Gasteiger partial charge is 0.0459 e. The molecule has 0 saturated heterocycles. The van der Waals surface area contributed by atoms with E-state index in [1.807, 2.05) is 19.0 Å². The molecule has 4 nitrogen and oxygen atoms in total. The molecule has 0 radical (unpaired) electrons. The molecule has 0 N–H and O–H groups in total. The fourth-order valence-electron chi connectivity index (χ4n) is 2.46. The van der Waals surface area contributed by atoms with Gasteiger partial charge in [0.25, 0.3) is 0 Å². The van der Waals surface area contributed by atoms with Gasteiger partial charge in [0.2, 0.25) is 0 Å². The van der Waals surface area contributed by atoms with Crippen LogP contribution in [0.15, 0.2) is 28.4 Å². The number of ether oxygens (including phenoxy) is 1. The lowest BCUT2D eigenvalue weighted by molar-refractivity contribution is 0.199. The van der Waals surface area contributed by atoms with Gasteiger partial charge in [-0.2, -0.15) is 5.10 Å². The first-order valence-electron chi connectivity index (χ1n) is 14.2. The van der Waals surface area contributed by atoms with E-state index in [0.29, 0.717) is 0 Å². The molecule has 4 heteroatoms. The predicted octanol–water partition coefficient (Wildman–Crippen LogP) is 8.99. The molecule has 1 aliphatic heterocycles. The van der Waals surface area contributed by atoms with E-state index >= 15 is 0 Å². The Balaban J connectivity index is -0.000000173. The van der Waals surface area contributed by atoms with Crippen LogP contribution in [0.5, 0.6) is 0 Å². The van der Waals surface area contributed by atoms with Crippen molar-refractivity contribution in [1.29, 1.82) is 0 Å². The monoisotopic (exact) mass is 508 g/mol. The molecule has 36 heavy (non-hydrogen) atoms. The van der Waals surface area contributed by atoms with Gasteiger partial charge in [0, 0.05) is 45.9 Å². The molecule has 0 amide bonds. The second-order valence-electron chi connectivity index (χ2n) is 9.47. The normalized spacial score (nSPS) is 13.1. The van der Waals surface area contributed by atoms with Crippen LogP contribution in [0, 0.1) is 11.8 Å². The fraction of sp³-hybridized carbons (Fsp3) is 0.781. The van der Waals surface area contributed by atoms with Crippen LogP contribution in [-0.4, -0.2) is 63.6 Å². The van der Waals surface area contributed by atoms with E-state index in [2.05, 4.69) is 103 Å². The summed E-state index contributed by atoms with van der Waals surface area (Å²) in [5, 5.41) is 6.11. The summed E-state index contributed by atoms with van der Waals surface area (Å²) in [5.41, 5.74) is 4.27. The zero-order chi connectivity index (χ0) is 28.6. The molecule has 0 fully saturated rings. The van der Waals surface area contributed by atoms with Crippen molar-refractivity contribution in [2.24, 2.45) is 5.10 Å². The Morgan fingerprint density at radius 3 is 1.50 bits per heavy atom. The number of nitrogens with zero attached hydrogens (tertiary/aromatic N) is 3. The van der Waals surface area contributed by atoms with E-state index in [0.717, 1.165) is 32.4 Å². The molecule has 0 spiro atoms. The van der Waals surface area contributed by atoms with Crippen molar-refractivity contribution >= 4 is 5.71 Å². The highest BCUT2D eigenvalue weighted by Gasteiger charge is 2.03. The number of hydrogen-bond donors (Lipinski definition) is 0. The Labute approximate surface area is 228 Å². The minimum absolute atomic E-state index is 0.889. The molecule has 1 heterocycles. The molecule has 2 rings (SSSR count). The number of hydrazone groups is 1. The van der Waals surface area contributed by atoms with Crippen LogP contribution in [0.25, 0.3) is 0 Å². The number of hydrogen-bond acceptors (Lipinski definition) is 4. The van der Waals surface area contributed by atoms with Crippen LogP contribution in [0.1, 0.15) is 120 Å². The number of allylic oxidation sites excluding steroid dienone is 4. The maximum atomic E-state index is 4.69. The van der Waals surface area contributed by atoms with Crippen LogP contribution in [0.2, 0.25) is 0 Å². The first-order chi connectivity index (χ1) is 17.1. The summed E-state index contributed by atoms with van der Waals surface area (Å²) in [6.45, 7) is 22.3. The van der Waals surface area contributed by atoms with Crippen LogP contribution >= 0.6 is 0 Å². The Hall–Kier alpha value is -1.57. The molecule has 214 valence electrons. The third-order valence-corrected chi connectivity index (χ3v) is 4.84. The maximum absolute atomic E-state index is 4.69. The lowest BCUT2D eigenvalue weighted by Gasteiger charge is -2.05. The highest BCUT2D eigenvalue weighted by Crippen LogP contribution is 2.16. The summed E-state index contributed by atoms with van der Waals surface area (Å²) in [6.07, 6.45) is 15.3. The molecule has 0 unspecified atom stereocenters. The highest BCUT2D eigenvalue weighted by atomic mass is 16.5. The topological polar surface area (TPSA) is 28.1 Å². The maximum Gasteiger partial charge on any atom is 0.0459 e. The summed E-state index contributed by atoms with van der Waals surface area (Å²) in [4.78, 5) is 2.18. The second-order valence-corrected chi connectivity index (χ2v) is 9.47. The highest BCUT2D eigenvalue weighted by molar-refractivity contribution is 5.82. The van der Waals surface area contributed by atoms with Crippen LogP contribution in [0.3, 0.4) is 0 Å². The van der Waals surface area contributed by atoms with Gasteiger partial charge in [-0.1, -0.05) is 70.8 Å². The van der Waals surface area contributed by atoms with Gasteiger partial charge < -0.3 is 9.64 Å². The van der Waals surface area contributed by atoms with Gasteiger partial charge in [-0.3, -0.25) is 5.01 Å². The van der Waals surface area contributed by atoms with Crippen molar-refractivity contribution in [2.45, 2.75) is 120 Å². The van der Waals surface area contributed by atoms with Gasteiger partial charge in [0.15, 0.2) is 0 Å². The van der Waals surface area contributed by atoms with Crippen molar-refractivity contribution in [1.82, 2.24) is 9.91 Å². The van der Waals surface area contributed by atoms with Crippen molar-refractivity contribution < 1.29 is 4.74 Å². The standard InChI is InChI=1S/C8H12.C6H10.C5H10N2.C5H13N.C4H10O.C4H10/c1-7-3-5-8(2)6-4-7;1-3-5-6-4-2;1-5-3-4-7(2)6-5;1-4-5-6(2)3;1-3-4-5-2;1-3-4-2/h3,5H,4,6H2,1-2H3;3,5H2,1-2H3;3-4H2,1-2H3;4-5H2,1-3H3;3-4H2,1-2H3;3-4H2,1-2H3. The van der Waals surface area contributed by atoms with E-state index in [1.54, 1.807) is 7.11 Å². The first-order valence-corrected chi connectivity index (χ1v) is 14.2. The molecule has 0 aromatic rings. The van der Waals surface area contributed by atoms with Gasteiger partial charge >= 0.3 is 0 Å². The summed E-state index contributed by atoms with van der Waals surface area (Å²) < 4.78 is 4.69. The average molecular weight is 508 g/mol. The van der Waals surface area contributed by atoms with E-state index in [9.17, 15) is 0 Å². The lowest BCUT2D eigenvalue weighted by Crippen LogP contribution is -2.11. The van der Waals surface area contributed by atoms with Crippen LogP contribution in [0.4, 0.5) is 0 Å². The van der Waals surface area contributed by atoms with E-state index in [4.69, 9.17) is 4.74 Å². The minimum Gasteiger partial charge on any atom is -0.385 e. The zero-order valence-electron chi connectivity index (χ0n) is 26.9. The van der Waals surface area contributed by atoms with E-state index in [1.165, 1.54) is 61.9 Å². The molecule has 1 aliphatic carbocycles. The molecule has 0 aromatic carbocycles. The van der Waals surface area contributed by atoms with Crippen molar-refractivity contribution in [3.05, 3.63) is 23.3 Å². The summed E-state index contributed by atoms with van der Waals surface area (Å²) in [5.74, 6) is 5.77. The Kier molecular flexibility index (Phi) is 41.1. The van der Waals surface area contributed by atoms with Gasteiger partial charge in [0.1, 0.15) is 0 Å². The molecule has 2 aliphatic rings. The van der Waals surface area contributed by atoms with E-state index < -0.39 is 0 Å². The van der Waals surface area contributed by atoms with Crippen molar-refractivity contribution in [3.63, 3.8) is 0 Å². The Morgan fingerprint density at radius 2 is 1.39 bits per heavy atom. The summed E-state index contributed by atoms with van der Waals surface area (Å²) in [7, 11) is 7.88. The fourth-order valence-corrected chi connectivity index (χ4v) is 2.46. The second kappa shape index (κ2) is 35.6. The quantitative estimate of drug-likeness (QED) is 0.336. The lowest BCUT2D eigenvalue weighted by atomic mass is 10.0. The Morgan fingerprint density at radius 1 is 0.861 bits per heavy atom. The van der Waals surface area contributed by atoms with Gasteiger partial charge in [-0.05, 0) is 80.4 Å². The van der Waals surface area contributed by atoms with Crippen LogP contribution in [-0.2, 0) is 4.74 Å². The Bertz CT molecular complexity index is 558. The molecule has 0 saturated carbocycles. The zero-order valence-corrected chi connectivity index (χ0v) is 26.9. The summed E-state index contributed by atoms with van der Waals surface area (Å²) in [6, 6.07) is 0. The number of methoxy groups -OCH3 is 1. The van der Waals surface area contributed by atoms with Crippen molar-refractivity contribution in [3.8, 4) is 11.8 Å². The predicted molar refractivity (Wildman–Crippen MR) is 167 cm³/mol. The van der Waals surface area contributed by atoms with Crippen LogP contribution < -0.4 is 0 Å². The van der Waals surface area contributed by atoms with Crippen molar-refractivity contribution in [2.75, 3.05) is 47.9 Å².